The minimum Gasteiger partial charge on any atom is -0.490 e. The number of hydrogen-bond acceptors (Lipinski definition) is 3. The van der Waals surface area contributed by atoms with Gasteiger partial charge >= 0.3 is 12.4 Å². The van der Waals surface area contributed by atoms with E-state index in [0.717, 1.165) is 37.2 Å². The highest BCUT2D eigenvalue weighted by molar-refractivity contribution is 5.45. The van der Waals surface area contributed by atoms with Gasteiger partial charge in [0.1, 0.15) is 17.7 Å². The molecule has 4 rings (SSSR count). The number of rotatable bonds is 5. The van der Waals surface area contributed by atoms with E-state index in [1.807, 2.05) is 0 Å². The summed E-state index contributed by atoms with van der Waals surface area (Å²) in [6.07, 6.45) is -3.48. The van der Waals surface area contributed by atoms with Gasteiger partial charge in [-0.2, -0.15) is 26.3 Å². The standard InChI is InChI=1S/C23H22F6N2O/c1-2-3-14-10-15(22(24,25)26)4-8-20(14)32-19-11-17-6-7-18(12-19)31(17)21-9-5-16(13-30-21)23(27,28)29/h2,4-5,8-10,13,17-19H,1,3,6-7,11-12H2/t17-,18+,19?. The number of anilines is 1. The summed E-state index contributed by atoms with van der Waals surface area (Å²) < 4.78 is 83.8. The van der Waals surface area contributed by atoms with Crippen molar-refractivity contribution in [3.05, 3.63) is 65.9 Å². The summed E-state index contributed by atoms with van der Waals surface area (Å²) in [5, 5.41) is 0. The van der Waals surface area contributed by atoms with E-state index in [1.165, 1.54) is 18.2 Å². The second-order valence-electron chi connectivity index (χ2n) is 8.22. The predicted molar refractivity (Wildman–Crippen MR) is 108 cm³/mol. The topological polar surface area (TPSA) is 25.4 Å². The van der Waals surface area contributed by atoms with Gasteiger partial charge in [0.15, 0.2) is 0 Å². The summed E-state index contributed by atoms with van der Waals surface area (Å²) in [5.41, 5.74) is -1.09. The number of benzene rings is 1. The van der Waals surface area contributed by atoms with Crippen molar-refractivity contribution in [1.29, 1.82) is 0 Å². The van der Waals surface area contributed by atoms with Crippen molar-refractivity contribution in [2.24, 2.45) is 0 Å². The van der Waals surface area contributed by atoms with E-state index in [-0.39, 0.29) is 24.6 Å². The molecule has 3 nitrogen and oxygen atoms in total. The lowest BCUT2D eigenvalue weighted by Gasteiger charge is -2.40. The minimum absolute atomic E-state index is 0.0558. The van der Waals surface area contributed by atoms with E-state index in [4.69, 9.17) is 4.74 Å². The molecule has 3 heterocycles. The minimum atomic E-state index is -4.44. The molecule has 2 fully saturated rings. The second kappa shape index (κ2) is 8.33. The van der Waals surface area contributed by atoms with Gasteiger partial charge in [0.25, 0.3) is 0 Å². The van der Waals surface area contributed by atoms with Crippen LogP contribution in [0.5, 0.6) is 5.75 Å². The Morgan fingerprint density at radius 3 is 2.12 bits per heavy atom. The Labute approximate surface area is 181 Å². The average molecular weight is 456 g/mol. The normalized spacial score (nSPS) is 23.3. The summed E-state index contributed by atoms with van der Waals surface area (Å²) in [7, 11) is 0. The van der Waals surface area contributed by atoms with Gasteiger partial charge in [-0.05, 0) is 55.2 Å². The van der Waals surface area contributed by atoms with Gasteiger partial charge in [0.2, 0.25) is 0 Å². The van der Waals surface area contributed by atoms with Crippen molar-refractivity contribution in [3.8, 4) is 5.75 Å². The monoisotopic (exact) mass is 456 g/mol. The van der Waals surface area contributed by atoms with Crippen molar-refractivity contribution in [2.75, 3.05) is 4.90 Å². The Morgan fingerprint density at radius 1 is 0.969 bits per heavy atom. The fourth-order valence-corrected chi connectivity index (χ4v) is 4.67. The van der Waals surface area contributed by atoms with Gasteiger partial charge in [0, 0.05) is 31.1 Å². The molecule has 9 heteroatoms. The smallest absolute Gasteiger partial charge is 0.417 e. The highest BCUT2D eigenvalue weighted by Gasteiger charge is 2.43. The zero-order chi connectivity index (χ0) is 23.1. The Hall–Kier alpha value is -2.71. The molecular formula is C23H22F6N2O. The number of hydrogen-bond donors (Lipinski definition) is 0. The van der Waals surface area contributed by atoms with Crippen molar-refractivity contribution in [1.82, 2.24) is 4.98 Å². The number of aromatic nitrogens is 1. The van der Waals surface area contributed by atoms with Gasteiger partial charge in [0.05, 0.1) is 11.1 Å². The molecule has 0 saturated carbocycles. The molecule has 1 aromatic heterocycles. The summed E-state index contributed by atoms with van der Waals surface area (Å²) in [6, 6.07) is 6.00. The zero-order valence-corrected chi connectivity index (χ0v) is 17.1. The number of halogens is 6. The molecule has 0 amide bonds. The number of piperidine rings is 1. The largest absolute Gasteiger partial charge is 0.490 e. The van der Waals surface area contributed by atoms with Gasteiger partial charge in [-0.25, -0.2) is 4.98 Å². The molecule has 0 aliphatic carbocycles. The molecule has 32 heavy (non-hydrogen) atoms. The maximum absolute atomic E-state index is 13.1. The van der Waals surface area contributed by atoms with Gasteiger partial charge in [-0.15, -0.1) is 6.58 Å². The number of ether oxygens (including phenoxy) is 1. The molecule has 2 bridgehead atoms. The third-order valence-electron chi connectivity index (χ3n) is 6.08. The molecule has 0 spiro atoms. The molecule has 172 valence electrons. The first-order valence-electron chi connectivity index (χ1n) is 10.4. The van der Waals surface area contributed by atoms with Crippen LogP contribution >= 0.6 is 0 Å². The lowest BCUT2D eigenvalue weighted by molar-refractivity contribution is -0.138. The summed E-state index contributed by atoms with van der Waals surface area (Å²) in [6.45, 7) is 3.61. The highest BCUT2D eigenvalue weighted by Crippen LogP contribution is 2.41. The number of fused-ring (bicyclic) bond motifs is 2. The van der Waals surface area contributed by atoms with Crippen LogP contribution in [0.1, 0.15) is 42.4 Å². The molecule has 2 aliphatic rings. The lowest BCUT2D eigenvalue weighted by Crippen LogP contribution is -2.47. The van der Waals surface area contributed by atoms with Crippen LogP contribution in [0.4, 0.5) is 32.2 Å². The van der Waals surface area contributed by atoms with Crippen molar-refractivity contribution >= 4 is 5.82 Å². The van der Waals surface area contributed by atoms with E-state index < -0.39 is 23.5 Å². The van der Waals surface area contributed by atoms with E-state index >= 15 is 0 Å². The molecule has 2 aliphatic heterocycles. The fraction of sp³-hybridized carbons (Fsp3) is 0.435. The van der Waals surface area contributed by atoms with Gasteiger partial charge in [-0.3, -0.25) is 0 Å². The van der Waals surface area contributed by atoms with Crippen LogP contribution in [0.3, 0.4) is 0 Å². The number of alkyl halides is 6. The first-order chi connectivity index (χ1) is 15.1. The SMILES string of the molecule is C=CCc1cc(C(F)(F)F)ccc1OC1C[C@H]2CC[C@@H](C1)N2c1ccc(C(F)(F)F)cn1. The third kappa shape index (κ3) is 4.56. The van der Waals surface area contributed by atoms with E-state index in [9.17, 15) is 26.3 Å². The molecule has 1 aromatic carbocycles. The van der Waals surface area contributed by atoms with Crippen LogP contribution in [0, 0.1) is 0 Å². The Balaban J connectivity index is 1.49. The van der Waals surface area contributed by atoms with E-state index in [2.05, 4.69) is 16.5 Å². The summed E-state index contributed by atoms with van der Waals surface area (Å²) in [5.74, 6) is 0.911. The molecular weight excluding hydrogens is 434 g/mol. The van der Waals surface area contributed by atoms with Gasteiger partial charge < -0.3 is 9.64 Å². The Kier molecular flexibility index (Phi) is 5.85. The van der Waals surface area contributed by atoms with Crippen LogP contribution in [0.25, 0.3) is 0 Å². The van der Waals surface area contributed by atoms with Gasteiger partial charge in [-0.1, -0.05) is 6.08 Å². The zero-order valence-electron chi connectivity index (χ0n) is 17.1. The predicted octanol–water partition coefficient (Wildman–Crippen LogP) is 6.43. The number of nitrogens with zero attached hydrogens (tertiary/aromatic N) is 2. The van der Waals surface area contributed by atoms with E-state index in [0.29, 0.717) is 30.0 Å². The Morgan fingerprint density at radius 2 is 1.59 bits per heavy atom. The molecule has 0 radical (unpaired) electrons. The number of allylic oxidation sites excluding steroid dienone is 1. The van der Waals surface area contributed by atoms with Crippen LogP contribution < -0.4 is 9.64 Å². The second-order valence-corrected chi connectivity index (χ2v) is 8.22. The molecule has 0 N–H and O–H groups in total. The van der Waals surface area contributed by atoms with E-state index in [1.54, 1.807) is 0 Å². The highest BCUT2D eigenvalue weighted by atomic mass is 19.4. The van der Waals surface area contributed by atoms with Crippen LogP contribution in [0.15, 0.2) is 49.2 Å². The molecule has 2 aromatic rings. The van der Waals surface area contributed by atoms with Crippen molar-refractivity contribution in [3.63, 3.8) is 0 Å². The first-order valence-corrected chi connectivity index (χ1v) is 10.4. The summed E-state index contributed by atoms with van der Waals surface area (Å²) in [4.78, 5) is 6.09. The molecule has 2 saturated heterocycles. The van der Waals surface area contributed by atoms with Crippen molar-refractivity contribution < 1.29 is 31.1 Å². The van der Waals surface area contributed by atoms with Crippen LogP contribution in [-0.4, -0.2) is 23.2 Å². The fourth-order valence-electron chi connectivity index (χ4n) is 4.67. The number of pyridine rings is 1. The maximum Gasteiger partial charge on any atom is 0.417 e. The Bertz CT molecular complexity index is 956. The van der Waals surface area contributed by atoms with Crippen molar-refractivity contribution in [2.45, 2.75) is 62.6 Å². The third-order valence-corrected chi connectivity index (χ3v) is 6.08. The molecule has 1 unspecified atom stereocenters. The first kappa shape index (κ1) is 22.5. The maximum atomic E-state index is 13.1. The molecule has 3 atom stereocenters. The summed E-state index contributed by atoms with van der Waals surface area (Å²) >= 11 is 0. The quantitative estimate of drug-likeness (QED) is 0.383. The van der Waals surface area contributed by atoms with Crippen LogP contribution in [0.2, 0.25) is 0 Å². The lowest BCUT2D eigenvalue weighted by atomic mass is 9.99. The van der Waals surface area contributed by atoms with Crippen LogP contribution in [-0.2, 0) is 18.8 Å². The average Bonchev–Trinajstić information content (AvgIpc) is 2.98.